The molecule has 0 saturated carbocycles. The van der Waals surface area contributed by atoms with E-state index in [-0.39, 0.29) is 11.7 Å². The Bertz CT molecular complexity index is 629. The molecule has 1 amide bonds. The van der Waals surface area contributed by atoms with Crippen LogP contribution in [-0.2, 0) is 0 Å². The molecule has 0 unspecified atom stereocenters. The number of H-pyrrole nitrogens is 1. The Morgan fingerprint density at radius 3 is 2.79 bits per heavy atom. The first-order chi connectivity index (χ1) is 9.18. The number of hydrogen-bond donors (Lipinski definition) is 2. The Morgan fingerprint density at radius 1 is 1.32 bits per heavy atom. The third-order valence-corrected chi connectivity index (χ3v) is 3.59. The van der Waals surface area contributed by atoms with E-state index >= 15 is 0 Å². The van der Waals surface area contributed by atoms with Crippen molar-refractivity contribution in [2.24, 2.45) is 0 Å². The summed E-state index contributed by atoms with van der Waals surface area (Å²) in [6.45, 7) is 4.82. The predicted molar refractivity (Wildman–Crippen MR) is 71.8 cm³/mol. The summed E-state index contributed by atoms with van der Waals surface area (Å²) in [5, 5.41) is 3.88. The topological polar surface area (TPSA) is 48.1 Å². The van der Waals surface area contributed by atoms with Crippen LogP contribution in [0.1, 0.15) is 16.1 Å². The number of nitrogens with one attached hydrogen (secondary N) is 2. The molecule has 0 bridgehead atoms. The van der Waals surface area contributed by atoms with Crippen molar-refractivity contribution in [1.82, 2.24) is 15.2 Å². The zero-order valence-corrected chi connectivity index (χ0v) is 10.8. The van der Waals surface area contributed by atoms with E-state index in [1.807, 2.05) is 11.8 Å². The van der Waals surface area contributed by atoms with Crippen LogP contribution in [-0.4, -0.2) is 42.0 Å². The molecule has 1 saturated heterocycles. The predicted octanol–water partition coefficient (Wildman–Crippen LogP) is 1.66. The van der Waals surface area contributed by atoms with Crippen molar-refractivity contribution in [3.63, 3.8) is 0 Å². The Balaban J connectivity index is 2.06. The van der Waals surface area contributed by atoms with Gasteiger partial charge in [0.1, 0.15) is 5.82 Å². The third kappa shape index (κ3) is 2.00. The number of halogens is 1. The molecule has 1 aliphatic heterocycles. The Labute approximate surface area is 110 Å². The molecule has 2 heterocycles. The fourth-order valence-corrected chi connectivity index (χ4v) is 2.61. The largest absolute Gasteiger partial charge is 0.356 e. The van der Waals surface area contributed by atoms with Crippen LogP contribution in [0.4, 0.5) is 4.39 Å². The van der Waals surface area contributed by atoms with E-state index < -0.39 is 0 Å². The van der Waals surface area contributed by atoms with Gasteiger partial charge in [-0.1, -0.05) is 12.1 Å². The molecule has 2 N–H and O–H groups in total. The van der Waals surface area contributed by atoms with Gasteiger partial charge in [-0.2, -0.15) is 0 Å². The molecule has 1 aliphatic rings. The smallest absolute Gasteiger partial charge is 0.256 e. The van der Waals surface area contributed by atoms with Crippen LogP contribution >= 0.6 is 0 Å². The summed E-state index contributed by atoms with van der Waals surface area (Å²) in [5.41, 5.74) is 1.73. The maximum Gasteiger partial charge on any atom is 0.256 e. The number of piperazine rings is 1. The standard InChI is InChI=1S/C14H16FN3O/c1-9-12(14(19)18-7-5-16-6-8-18)10-3-2-4-11(15)13(10)17-9/h2-4,16-17H,5-8H2,1H3. The Kier molecular flexibility index (Phi) is 2.98. The van der Waals surface area contributed by atoms with Crippen molar-refractivity contribution >= 4 is 16.8 Å². The highest BCUT2D eigenvalue weighted by Gasteiger charge is 2.23. The molecule has 0 aliphatic carbocycles. The molecule has 1 aromatic heterocycles. The van der Waals surface area contributed by atoms with E-state index in [0.29, 0.717) is 29.6 Å². The highest BCUT2D eigenvalue weighted by Crippen LogP contribution is 2.25. The molecule has 0 atom stereocenters. The first kappa shape index (κ1) is 12.2. The van der Waals surface area contributed by atoms with Crippen molar-refractivity contribution < 1.29 is 9.18 Å². The maximum atomic E-state index is 13.7. The minimum atomic E-state index is -0.319. The van der Waals surface area contributed by atoms with Crippen molar-refractivity contribution in [1.29, 1.82) is 0 Å². The molecule has 4 nitrogen and oxygen atoms in total. The number of aromatic amines is 1. The molecular formula is C14H16FN3O. The highest BCUT2D eigenvalue weighted by atomic mass is 19.1. The van der Waals surface area contributed by atoms with Gasteiger partial charge in [-0.15, -0.1) is 0 Å². The molecule has 0 radical (unpaired) electrons. The van der Waals surface area contributed by atoms with Gasteiger partial charge in [-0.3, -0.25) is 4.79 Å². The summed E-state index contributed by atoms with van der Waals surface area (Å²) in [7, 11) is 0. The highest BCUT2D eigenvalue weighted by molar-refractivity contribution is 6.08. The number of aromatic nitrogens is 1. The lowest BCUT2D eigenvalue weighted by molar-refractivity contribution is 0.0737. The fraction of sp³-hybridized carbons (Fsp3) is 0.357. The normalized spacial score (nSPS) is 16.0. The van der Waals surface area contributed by atoms with Crippen molar-refractivity contribution in [2.75, 3.05) is 26.2 Å². The molecule has 19 heavy (non-hydrogen) atoms. The second-order valence-electron chi connectivity index (χ2n) is 4.83. The lowest BCUT2D eigenvalue weighted by Gasteiger charge is -2.27. The molecular weight excluding hydrogens is 245 g/mol. The maximum absolute atomic E-state index is 13.7. The summed E-state index contributed by atoms with van der Waals surface area (Å²) >= 11 is 0. The lowest BCUT2D eigenvalue weighted by atomic mass is 10.1. The zero-order chi connectivity index (χ0) is 13.4. The Morgan fingerprint density at radius 2 is 2.05 bits per heavy atom. The Hall–Kier alpha value is -1.88. The molecule has 1 aromatic carbocycles. The van der Waals surface area contributed by atoms with Gasteiger partial charge >= 0.3 is 0 Å². The number of benzene rings is 1. The first-order valence-electron chi connectivity index (χ1n) is 6.45. The van der Waals surface area contributed by atoms with Gasteiger partial charge in [-0.25, -0.2) is 4.39 Å². The van der Waals surface area contributed by atoms with Crippen LogP contribution in [0.25, 0.3) is 10.9 Å². The summed E-state index contributed by atoms with van der Waals surface area (Å²) in [5.74, 6) is -0.337. The quantitative estimate of drug-likeness (QED) is 0.820. The molecule has 1 fully saturated rings. The van der Waals surface area contributed by atoms with Gasteiger partial charge in [0.25, 0.3) is 5.91 Å². The second-order valence-corrected chi connectivity index (χ2v) is 4.83. The van der Waals surface area contributed by atoms with Crippen molar-refractivity contribution in [3.8, 4) is 0 Å². The van der Waals surface area contributed by atoms with E-state index in [0.717, 1.165) is 18.8 Å². The lowest BCUT2D eigenvalue weighted by Crippen LogP contribution is -2.46. The van der Waals surface area contributed by atoms with E-state index in [2.05, 4.69) is 10.3 Å². The number of carbonyl (C=O) groups is 1. The van der Waals surface area contributed by atoms with Gasteiger partial charge in [-0.05, 0) is 13.0 Å². The minimum absolute atomic E-state index is 0.0177. The molecule has 100 valence electrons. The van der Waals surface area contributed by atoms with Crippen LogP contribution < -0.4 is 5.32 Å². The number of aryl methyl sites for hydroxylation is 1. The molecule has 0 spiro atoms. The van der Waals surface area contributed by atoms with Gasteiger partial charge in [0.15, 0.2) is 0 Å². The summed E-state index contributed by atoms with van der Waals surface area (Å²) < 4.78 is 13.7. The fourth-order valence-electron chi connectivity index (χ4n) is 2.61. The average molecular weight is 261 g/mol. The number of amides is 1. The summed E-state index contributed by atoms with van der Waals surface area (Å²) in [4.78, 5) is 17.4. The van der Waals surface area contributed by atoms with Crippen molar-refractivity contribution in [2.45, 2.75) is 6.92 Å². The molecule has 5 heteroatoms. The number of nitrogens with zero attached hydrogens (tertiary/aromatic N) is 1. The summed E-state index contributed by atoms with van der Waals surface area (Å²) in [6, 6.07) is 4.83. The van der Waals surface area contributed by atoms with Crippen LogP contribution in [0, 0.1) is 12.7 Å². The van der Waals surface area contributed by atoms with Crippen LogP contribution in [0.15, 0.2) is 18.2 Å². The van der Waals surface area contributed by atoms with E-state index in [1.54, 1.807) is 12.1 Å². The van der Waals surface area contributed by atoms with Crippen molar-refractivity contribution in [3.05, 3.63) is 35.3 Å². The van der Waals surface area contributed by atoms with Gasteiger partial charge in [0.2, 0.25) is 0 Å². The monoisotopic (exact) mass is 261 g/mol. The molecule has 2 aromatic rings. The van der Waals surface area contributed by atoms with Crippen LogP contribution in [0.3, 0.4) is 0 Å². The van der Waals surface area contributed by atoms with Gasteiger partial charge < -0.3 is 15.2 Å². The van der Waals surface area contributed by atoms with Crippen LogP contribution in [0.5, 0.6) is 0 Å². The second kappa shape index (κ2) is 4.66. The van der Waals surface area contributed by atoms with Crippen LogP contribution in [0.2, 0.25) is 0 Å². The number of carbonyl (C=O) groups excluding carboxylic acids is 1. The number of rotatable bonds is 1. The van der Waals surface area contributed by atoms with E-state index in [9.17, 15) is 9.18 Å². The summed E-state index contributed by atoms with van der Waals surface area (Å²) in [6.07, 6.45) is 0. The minimum Gasteiger partial charge on any atom is -0.356 e. The average Bonchev–Trinajstić information content (AvgIpc) is 2.77. The SMILES string of the molecule is Cc1[nH]c2c(F)cccc2c1C(=O)N1CCNCC1. The van der Waals surface area contributed by atoms with E-state index in [4.69, 9.17) is 0 Å². The third-order valence-electron chi connectivity index (χ3n) is 3.59. The number of fused-ring (bicyclic) bond motifs is 1. The molecule has 3 rings (SSSR count). The number of hydrogen-bond acceptors (Lipinski definition) is 2. The zero-order valence-electron chi connectivity index (χ0n) is 10.8. The van der Waals surface area contributed by atoms with Gasteiger partial charge in [0, 0.05) is 37.3 Å². The first-order valence-corrected chi connectivity index (χ1v) is 6.45. The van der Waals surface area contributed by atoms with Gasteiger partial charge in [0.05, 0.1) is 11.1 Å². The number of para-hydroxylation sites is 1. The van der Waals surface area contributed by atoms with E-state index in [1.165, 1.54) is 6.07 Å².